The van der Waals surface area contributed by atoms with Crippen molar-refractivity contribution in [1.82, 2.24) is 9.88 Å². The van der Waals surface area contributed by atoms with Crippen LogP contribution in [0.3, 0.4) is 0 Å². The molecule has 0 bridgehead atoms. The van der Waals surface area contributed by atoms with Crippen molar-refractivity contribution in [1.29, 1.82) is 5.26 Å². The van der Waals surface area contributed by atoms with Gasteiger partial charge in [0.1, 0.15) is 6.07 Å². The first kappa shape index (κ1) is 17.4. The molecule has 2 amide bonds. The van der Waals surface area contributed by atoms with Gasteiger partial charge in [0.05, 0.1) is 37.4 Å². The number of carbonyl (C=O) groups is 2. The highest BCUT2D eigenvalue weighted by atomic mass is 16.5. The Morgan fingerprint density at radius 3 is 2.69 bits per heavy atom. The highest BCUT2D eigenvalue weighted by Gasteiger charge is 2.39. The van der Waals surface area contributed by atoms with Crippen molar-refractivity contribution in [2.24, 2.45) is 0 Å². The number of anilines is 1. The summed E-state index contributed by atoms with van der Waals surface area (Å²) in [5, 5.41) is 8.94. The van der Waals surface area contributed by atoms with Crippen LogP contribution in [0.1, 0.15) is 23.7 Å². The maximum atomic E-state index is 12.9. The minimum absolute atomic E-state index is 0.109. The SMILES string of the molecule is COC(=O)CCN1C(=O)N(c2ccccc2)CC1c1ccc(C#N)cn1. The van der Waals surface area contributed by atoms with E-state index in [4.69, 9.17) is 5.26 Å². The number of aromatic nitrogens is 1. The first-order chi connectivity index (χ1) is 12.6. The molecule has 1 aromatic heterocycles. The van der Waals surface area contributed by atoms with Crippen LogP contribution in [0.5, 0.6) is 0 Å². The summed E-state index contributed by atoms with van der Waals surface area (Å²) in [7, 11) is 1.32. The fourth-order valence-corrected chi connectivity index (χ4v) is 2.95. The van der Waals surface area contributed by atoms with Crippen molar-refractivity contribution >= 4 is 17.7 Å². The van der Waals surface area contributed by atoms with Gasteiger partial charge in [0.2, 0.25) is 0 Å². The number of rotatable bonds is 5. The lowest BCUT2D eigenvalue weighted by Crippen LogP contribution is -2.34. The zero-order valence-corrected chi connectivity index (χ0v) is 14.3. The minimum atomic E-state index is -0.373. The van der Waals surface area contributed by atoms with Crippen LogP contribution in [0.4, 0.5) is 10.5 Å². The number of urea groups is 1. The molecule has 2 aromatic rings. The fourth-order valence-electron chi connectivity index (χ4n) is 2.95. The topological polar surface area (TPSA) is 86.5 Å². The average Bonchev–Trinajstić information content (AvgIpc) is 3.03. The van der Waals surface area contributed by atoms with E-state index in [1.807, 2.05) is 36.4 Å². The number of nitrogens with zero attached hydrogens (tertiary/aromatic N) is 4. The van der Waals surface area contributed by atoms with Gasteiger partial charge in [-0.05, 0) is 24.3 Å². The molecule has 1 aromatic carbocycles. The smallest absolute Gasteiger partial charge is 0.325 e. The number of amides is 2. The number of nitriles is 1. The maximum Gasteiger partial charge on any atom is 0.325 e. The number of hydrogen-bond donors (Lipinski definition) is 0. The third kappa shape index (κ3) is 3.49. The second kappa shape index (κ2) is 7.66. The molecule has 0 spiro atoms. The number of methoxy groups -OCH3 is 1. The van der Waals surface area contributed by atoms with E-state index in [2.05, 4.69) is 9.72 Å². The molecule has 1 unspecified atom stereocenters. The third-order valence-corrected chi connectivity index (χ3v) is 4.32. The van der Waals surface area contributed by atoms with Crippen molar-refractivity contribution in [2.45, 2.75) is 12.5 Å². The van der Waals surface area contributed by atoms with Gasteiger partial charge in [0.15, 0.2) is 0 Å². The van der Waals surface area contributed by atoms with E-state index in [0.717, 1.165) is 5.69 Å². The molecule has 1 aliphatic heterocycles. The van der Waals surface area contributed by atoms with Gasteiger partial charge in [-0.15, -0.1) is 0 Å². The van der Waals surface area contributed by atoms with Crippen LogP contribution in [0.25, 0.3) is 0 Å². The van der Waals surface area contributed by atoms with E-state index >= 15 is 0 Å². The number of para-hydroxylation sites is 1. The zero-order chi connectivity index (χ0) is 18.5. The Labute approximate surface area is 151 Å². The molecule has 1 atom stereocenters. The summed E-state index contributed by atoms with van der Waals surface area (Å²) in [4.78, 5) is 32.1. The lowest BCUT2D eigenvalue weighted by atomic mass is 10.1. The molecule has 7 heteroatoms. The van der Waals surface area contributed by atoms with E-state index in [-0.39, 0.29) is 31.0 Å². The van der Waals surface area contributed by atoms with Gasteiger partial charge in [-0.3, -0.25) is 14.7 Å². The minimum Gasteiger partial charge on any atom is -0.469 e. The van der Waals surface area contributed by atoms with E-state index in [0.29, 0.717) is 17.8 Å². The van der Waals surface area contributed by atoms with Gasteiger partial charge in [-0.25, -0.2) is 4.79 Å². The Bertz CT molecular complexity index is 830. The summed E-state index contributed by atoms with van der Waals surface area (Å²) < 4.78 is 4.69. The molecule has 0 radical (unpaired) electrons. The van der Waals surface area contributed by atoms with Gasteiger partial charge >= 0.3 is 12.0 Å². The zero-order valence-electron chi connectivity index (χ0n) is 14.3. The third-order valence-electron chi connectivity index (χ3n) is 4.32. The number of pyridine rings is 1. The summed E-state index contributed by atoms with van der Waals surface area (Å²) in [6.45, 7) is 0.657. The summed E-state index contributed by atoms with van der Waals surface area (Å²) in [6.07, 6.45) is 1.60. The van der Waals surface area contributed by atoms with Crippen LogP contribution in [0.15, 0.2) is 48.7 Å². The van der Waals surface area contributed by atoms with Gasteiger partial charge in [0, 0.05) is 18.4 Å². The lowest BCUT2D eigenvalue weighted by Gasteiger charge is -2.22. The number of carbonyl (C=O) groups excluding carboxylic acids is 2. The van der Waals surface area contributed by atoms with Gasteiger partial charge in [-0.1, -0.05) is 18.2 Å². The summed E-state index contributed by atoms with van der Waals surface area (Å²) in [5.74, 6) is -0.373. The highest BCUT2D eigenvalue weighted by Crippen LogP contribution is 2.32. The summed E-state index contributed by atoms with van der Waals surface area (Å²) in [6, 6.07) is 14.3. The quantitative estimate of drug-likeness (QED) is 0.773. The van der Waals surface area contributed by atoms with Crippen molar-refractivity contribution in [3.8, 4) is 6.07 Å². The van der Waals surface area contributed by atoms with Crippen molar-refractivity contribution in [2.75, 3.05) is 25.1 Å². The van der Waals surface area contributed by atoms with Crippen molar-refractivity contribution in [3.63, 3.8) is 0 Å². The molecule has 1 aliphatic rings. The largest absolute Gasteiger partial charge is 0.469 e. The molecule has 0 saturated carbocycles. The van der Waals surface area contributed by atoms with Crippen LogP contribution in [0.2, 0.25) is 0 Å². The van der Waals surface area contributed by atoms with Crippen LogP contribution < -0.4 is 4.90 Å². The number of esters is 1. The standard InChI is InChI=1S/C19H18N4O3/c1-26-18(24)9-10-22-17(16-8-7-14(11-20)12-21-16)13-23(19(22)25)15-5-3-2-4-6-15/h2-8,12,17H,9-10,13H2,1H3. The first-order valence-corrected chi connectivity index (χ1v) is 8.20. The lowest BCUT2D eigenvalue weighted by molar-refractivity contribution is -0.140. The van der Waals surface area contributed by atoms with E-state index in [1.165, 1.54) is 13.3 Å². The molecular weight excluding hydrogens is 332 g/mol. The fraction of sp³-hybridized carbons (Fsp3) is 0.263. The van der Waals surface area contributed by atoms with Gasteiger partial charge in [-0.2, -0.15) is 5.26 Å². The Hall–Kier alpha value is -3.40. The molecule has 2 heterocycles. The van der Waals surface area contributed by atoms with Crippen LogP contribution in [0, 0.1) is 11.3 Å². The Balaban J connectivity index is 1.89. The first-order valence-electron chi connectivity index (χ1n) is 8.20. The molecule has 3 rings (SSSR count). The molecule has 0 aliphatic carbocycles. The van der Waals surface area contributed by atoms with Crippen LogP contribution in [-0.4, -0.2) is 42.1 Å². The van der Waals surface area contributed by atoms with Crippen LogP contribution in [-0.2, 0) is 9.53 Å². The Kier molecular flexibility index (Phi) is 5.13. The normalized spacial score (nSPS) is 16.5. The molecule has 1 fully saturated rings. The second-order valence-electron chi connectivity index (χ2n) is 5.85. The van der Waals surface area contributed by atoms with Gasteiger partial charge < -0.3 is 9.64 Å². The molecule has 1 saturated heterocycles. The van der Waals surface area contributed by atoms with E-state index in [9.17, 15) is 9.59 Å². The predicted octanol–water partition coefficient (Wildman–Crippen LogP) is 2.50. The summed E-state index contributed by atoms with van der Waals surface area (Å²) in [5.41, 5.74) is 1.93. The second-order valence-corrected chi connectivity index (χ2v) is 5.85. The molecular formula is C19H18N4O3. The van der Waals surface area contributed by atoms with E-state index < -0.39 is 0 Å². The summed E-state index contributed by atoms with van der Waals surface area (Å²) >= 11 is 0. The van der Waals surface area contributed by atoms with Crippen LogP contribution >= 0.6 is 0 Å². The van der Waals surface area contributed by atoms with Gasteiger partial charge in [0.25, 0.3) is 0 Å². The van der Waals surface area contributed by atoms with Crippen molar-refractivity contribution in [3.05, 3.63) is 59.9 Å². The highest BCUT2D eigenvalue weighted by molar-refractivity contribution is 5.95. The monoisotopic (exact) mass is 350 g/mol. The molecule has 0 N–H and O–H groups in total. The molecule has 132 valence electrons. The number of benzene rings is 1. The Morgan fingerprint density at radius 2 is 2.08 bits per heavy atom. The average molecular weight is 350 g/mol. The molecule has 7 nitrogen and oxygen atoms in total. The predicted molar refractivity (Wildman–Crippen MR) is 94.2 cm³/mol. The number of ether oxygens (including phenoxy) is 1. The number of hydrogen-bond acceptors (Lipinski definition) is 5. The van der Waals surface area contributed by atoms with Crippen molar-refractivity contribution < 1.29 is 14.3 Å². The Morgan fingerprint density at radius 1 is 1.31 bits per heavy atom. The van der Waals surface area contributed by atoms with E-state index in [1.54, 1.807) is 21.9 Å². The molecule has 26 heavy (non-hydrogen) atoms. The maximum absolute atomic E-state index is 12.9.